The third-order valence-electron chi connectivity index (χ3n) is 2.35. The molecule has 96 valence electrons. The summed E-state index contributed by atoms with van der Waals surface area (Å²) in [5, 5.41) is 2.87. The van der Waals surface area contributed by atoms with Gasteiger partial charge in [-0.3, -0.25) is 0 Å². The Bertz CT molecular complexity index is 478. The maximum atomic E-state index is 5.04. The Hall–Kier alpha value is -2.31. The fourth-order valence-corrected chi connectivity index (χ4v) is 1.45. The summed E-state index contributed by atoms with van der Waals surface area (Å²) in [4.78, 5) is 14.4. The van der Waals surface area contributed by atoms with Gasteiger partial charge in [0.15, 0.2) is 0 Å². The highest BCUT2D eigenvalue weighted by molar-refractivity contribution is 5.37. The SMILES string of the molecule is CNc1nc(OC)nc(N(C)Cc2ccoc2)n1. The maximum Gasteiger partial charge on any atom is 0.322 e. The molecule has 7 heteroatoms. The van der Waals surface area contributed by atoms with Crippen molar-refractivity contribution in [2.45, 2.75) is 6.54 Å². The first kappa shape index (κ1) is 12.2. The van der Waals surface area contributed by atoms with Gasteiger partial charge in [-0.05, 0) is 6.07 Å². The Kier molecular flexibility index (Phi) is 3.61. The van der Waals surface area contributed by atoms with Crippen molar-refractivity contribution in [1.82, 2.24) is 15.0 Å². The van der Waals surface area contributed by atoms with Crippen molar-refractivity contribution in [3.8, 4) is 6.01 Å². The molecule has 0 aliphatic rings. The molecule has 0 saturated heterocycles. The summed E-state index contributed by atoms with van der Waals surface area (Å²) in [6.07, 6.45) is 3.32. The standard InChI is InChI=1S/C11H15N5O2/c1-12-9-13-10(15-11(14-9)17-3)16(2)6-8-4-5-18-7-8/h4-5,7H,6H2,1-3H3,(H,12,13,14,15). The summed E-state index contributed by atoms with van der Waals surface area (Å²) >= 11 is 0. The molecular weight excluding hydrogens is 234 g/mol. The van der Waals surface area contributed by atoms with E-state index in [1.807, 2.05) is 18.0 Å². The van der Waals surface area contributed by atoms with Crippen LogP contribution in [-0.4, -0.2) is 36.2 Å². The summed E-state index contributed by atoms with van der Waals surface area (Å²) in [5.41, 5.74) is 1.04. The molecular formula is C11H15N5O2. The molecule has 0 fully saturated rings. The zero-order chi connectivity index (χ0) is 13.0. The van der Waals surface area contributed by atoms with Crippen molar-refractivity contribution >= 4 is 11.9 Å². The first-order valence-corrected chi connectivity index (χ1v) is 5.43. The molecule has 2 aromatic rings. The van der Waals surface area contributed by atoms with Gasteiger partial charge in [0.2, 0.25) is 11.9 Å². The van der Waals surface area contributed by atoms with E-state index in [1.165, 1.54) is 7.11 Å². The van der Waals surface area contributed by atoms with Gasteiger partial charge in [0.05, 0.1) is 19.6 Å². The van der Waals surface area contributed by atoms with Crippen molar-refractivity contribution in [2.24, 2.45) is 0 Å². The molecule has 2 heterocycles. The van der Waals surface area contributed by atoms with Crippen molar-refractivity contribution in [3.05, 3.63) is 24.2 Å². The fourth-order valence-electron chi connectivity index (χ4n) is 1.45. The van der Waals surface area contributed by atoms with Crippen LogP contribution in [0, 0.1) is 0 Å². The topological polar surface area (TPSA) is 76.3 Å². The van der Waals surface area contributed by atoms with Gasteiger partial charge in [-0.15, -0.1) is 0 Å². The van der Waals surface area contributed by atoms with Gasteiger partial charge < -0.3 is 19.4 Å². The molecule has 0 aliphatic heterocycles. The molecule has 2 rings (SSSR count). The van der Waals surface area contributed by atoms with E-state index < -0.39 is 0 Å². The summed E-state index contributed by atoms with van der Waals surface area (Å²) < 4.78 is 10.1. The maximum absolute atomic E-state index is 5.04. The van der Waals surface area contributed by atoms with Gasteiger partial charge in [-0.25, -0.2) is 0 Å². The molecule has 7 nitrogen and oxygen atoms in total. The van der Waals surface area contributed by atoms with Crippen LogP contribution < -0.4 is 15.0 Å². The second-order valence-electron chi connectivity index (χ2n) is 3.68. The summed E-state index contributed by atoms with van der Waals surface area (Å²) in [6.45, 7) is 0.646. The first-order valence-electron chi connectivity index (χ1n) is 5.43. The highest BCUT2D eigenvalue weighted by atomic mass is 16.5. The lowest BCUT2D eigenvalue weighted by Gasteiger charge is -2.16. The Balaban J connectivity index is 2.20. The smallest absolute Gasteiger partial charge is 0.322 e. The lowest BCUT2D eigenvalue weighted by molar-refractivity contribution is 0.379. The number of furan rings is 1. The van der Waals surface area contributed by atoms with Gasteiger partial charge in [-0.2, -0.15) is 15.0 Å². The van der Waals surface area contributed by atoms with E-state index in [-0.39, 0.29) is 6.01 Å². The molecule has 0 aliphatic carbocycles. The van der Waals surface area contributed by atoms with Crippen molar-refractivity contribution in [1.29, 1.82) is 0 Å². The lowest BCUT2D eigenvalue weighted by Crippen LogP contribution is -2.20. The Morgan fingerprint density at radius 2 is 2.22 bits per heavy atom. The van der Waals surface area contributed by atoms with E-state index >= 15 is 0 Å². The second kappa shape index (κ2) is 5.35. The Morgan fingerprint density at radius 1 is 1.39 bits per heavy atom. The van der Waals surface area contributed by atoms with Gasteiger partial charge in [0, 0.05) is 26.2 Å². The van der Waals surface area contributed by atoms with Gasteiger partial charge in [0.25, 0.3) is 0 Å². The first-order chi connectivity index (χ1) is 8.72. The van der Waals surface area contributed by atoms with Crippen molar-refractivity contribution in [2.75, 3.05) is 31.4 Å². The molecule has 0 bridgehead atoms. The predicted molar refractivity (Wildman–Crippen MR) is 66.7 cm³/mol. The van der Waals surface area contributed by atoms with Crippen LogP contribution in [0.2, 0.25) is 0 Å². The van der Waals surface area contributed by atoms with Crippen LogP contribution in [0.1, 0.15) is 5.56 Å². The predicted octanol–water partition coefficient (Wildman–Crippen LogP) is 1.15. The molecule has 1 N–H and O–H groups in total. The van der Waals surface area contributed by atoms with Gasteiger partial charge in [0.1, 0.15) is 0 Å². The van der Waals surface area contributed by atoms with E-state index in [4.69, 9.17) is 9.15 Å². The minimum absolute atomic E-state index is 0.281. The summed E-state index contributed by atoms with van der Waals surface area (Å²) in [6, 6.07) is 2.18. The second-order valence-corrected chi connectivity index (χ2v) is 3.68. The number of rotatable bonds is 5. The van der Waals surface area contributed by atoms with E-state index in [1.54, 1.807) is 19.6 Å². The molecule has 0 spiro atoms. The van der Waals surface area contributed by atoms with Crippen LogP contribution >= 0.6 is 0 Å². The van der Waals surface area contributed by atoms with Crippen molar-refractivity contribution < 1.29 is 9.15 Å². The van der Waals surface area contributed by atoms with Crippen molar-refractivity contribution in [3.63, 3.8) is 0 Å². The molecule has 0 unspecified atom stereocenters. The van der Waals surface area contributed by atoms with Gasteiger partial charge in [-0.1, -0.05) is 0 Å². The molecule has 0 saturated carbocycles. The van der Waals surface area contributed by atoms with E-state index in [0.717, 1.165) is 5.56 Å². The van der Waals surface area contributed by atoms with E-state index in [0.29, 0.717) is 18.4 Å². The van der Waals surface area contributed by atoms with Crippen LogP contribution in [-0.2, 0) is 6.54 Å². The van der Waals surface area contributed by atoms with Crippen LogP contribution in [0.15, 0.2) is 23.0 Å². The molecule has 0 amide bonds. The third-order valence-corrected chi connectivity index (χ3v) is 2.35. The average molecular weight is 249 g/mol. The zero-order valence-electron chi connectivity index (χ0n) is 10.5. The Morgan fingerprint density at radius 3 is 2.83 bits per heavy atom. The molecule has 18 heavy (non-hydrogen) atoms. The number of hydrogen-bond acceptors (Lipinski definition) is 7. The van der Waals surface area contributed by atoms with E-state index in [9.17, 15) is 0 Å². The minimum atomic E-state index is 0.281. The van der Waals surface area contributed by atoms with E-state index in [2.05, 4.69) is 20.3 Å². The minimum Gasteiger partial charge on any atom is -0.472 e. The van der Waals surface area contributed by atoms with Crippen LogP contribution in [0.4, 0.5) is 11.9 Å². The summed E-state index contributed by atoms with van der Waals surface area (Å²) in [7, 11) is 5.16. The number of aromatic nitrogens is 3. The van der Waals surface area contributed by atoms with Crippen LogP contribution in [0.3, 0.4) is 0 Å². The number of nitrogens with one attached hydrogen (secondary N) is 1. The number of anilines is 2. The van der Waals surface area contributed by atoms with Crippen LogP contribution in [0.25, 0.3) is 0 Å². The van der Waals surface area contributed by atoms with Crippen LogP contribution in [0.5, 0.6) is 6.01 Å². The third kappa shape index (κ3) is 2.68. The van der Waals surface area contributed by atoms with Gasteiger partial charge >= 0.3 is 6.01 Å². The monoisotopic (exact) mass is 249 g/mol. The highest BCUT2D eigenvalue weighted by Gasteiger charge is 2.10. The molecule has 0 aromatic carbocycles. The zero-order valence-corrected chi connectivity index (χ0v) is 10.5. The normalized spacial score (nSPS) is 10.2. The molecule has 0 radical (unpaired) electrons. The number of hydrogen-bond donors (Lipinski definition) is 1. The largest absolute Gasteiger partial charge is 0.472 e. The highest BCUT2D eigenvalue weighted by Crippen LogP contribution is 2.15. The number of ether oxygens (including phenoxy) is 1. The quantitative estimate of drug-likeness (QED) is 0.851. The number of nitrogens with zero attached hydrogens (tertiary/aromatic N) is 4. The fraction of sp³-hybridized carbons (Fsp3) is 0.364. The Labute approximate surface area is 105 Å². The average Bonchev–Trinajstić information content (AvgIpc) is 2.90. The molecule has 2 aromatic heterocycles. The lowest BCUT2D eigenvalue weighted by atomic mass is 10.3. The summed E-state index contributed by atoms with van der Waals surface area (Å²) in [5.74, 6) is 1.00. The number of methoxy groups -OCH3 is 1. The molecule has 0 atom stereocenters.